The van der Waals surface area contributed by atoms with Crippen LogP contribution in [0.4, 0.5) is 0 Å². The van der Waals surface area contributed by atoms with Gasteiger partial charge in [0.15, 0.2) is 0 Å². The van der Waals surface area contributed by atoms with Gasteiger partial charge in [-0.1, -0.05) is 24.6 Å². The molecule has 3 nitrogen and oxygen atoms in total. The predicted molar refractivity (Wildman–Crippen MR) is 85.2 cm³/mol. The van der Waals surface area contributed by atoms with Gasteiger partial charge >= 0.3 is 5.97 Å². The van der Waals surface area contributed by atoms with Crippen LogP contribution in [0.1, 0.15) is 49.4 Å². The summed E-state index contributed by atoms with van der Waals surface area (Å²) in [5, 5.41) is 0. The van der Waals surface area contributed by atoms with Crippen LogP contribution >= 0.6 is 0 Å². The summed E-state index contributed by atoms with van der Waals surface area (Å²) in [7, 11) is 4.53. The first-order valence-corrected chi connectivity index (χ1v) is 8.08. The van der Waals surface area contributed by atoms with Crippen molar-refractivity contribution in [3.63, 3.8) is 0 Å². The number of likely N-dealkylation sites (N-methyl/N-ethyl adjacent to an activating group) is 1. The summed E-state index contributed by atoms with van der Waals surface area (Å²) in [6.07, 6.45) is 6.58. The molecule has 1 unspecified atom stereocenters. The summed E-state index contributed by atoms with van der Waals surface area (Å²) in [6.45, 7) is 2.88. The van der Waals surface area contributed by atoms with Gasteiger partial charge in [0.25, 0.3) is 0 Å². The first-order valence-electron chi connectivity index (χ1n) is 8.08. The standard InChI is InChI=1S/C18H28NO2.ClH/c1-15(21-18(20)16-10-6-4-7-11-16)14-19(2,3)17-12-8-5-9-13-17;/h4,6-7,10-11,15,17H,5,8-9,12-14H2,1-3H3;1H/q+1;/p-1. The predicted octanol–water partition coefficient (Wildman–Crippen LogP) is 0.645. The van der Waals surface area contributed by atoms with Gasteiger partial charge in [0.2, 0.25) is 0 Å². The van der Waals surface area contributed by atoms with E-state index in [1.165, 1.54) is 32.1 Å². The fourth-order valence-electron chi connectivity index (χ4n) is 3.45. The highest BCUT2D eigenvalue weighted by Crippen LogP contribution is 2.26. The maximum atomic E-state index is 12.1. The van der Waals surface area contributed by atoms with Crippen molar-refractivity contribution < 1.29 is 26.4 Å². The Kier molecular flexibility index (Phi) is 7.37. The first-order chi connectivity index (χ1) is 9.99. The molecule has 4 heteroatoms. The number of esters is 1. The number of halogens is 1. The summed E-state index contributed by atoms with van der Waals surface area (Å²) < 4.78 is 6.56. The Bertz CT molecular complexity index is 455. The number of carbonyl (C=O) groups is 1. The van der Waals surface area contributed by atoms with Crippen LogP contribution in [-0.4, -0.2) is 43.2 Å². The molecule has 0 saturated heterocycles. The molecule has 1 aromatic carbocycles. The van der Waals surface area contributed by atoms with Crippen molar-refractivity contribution in [3.05, 3.63) is 35.9 Å². The SMILES string of the molecule is CC(C[N+](C)(C)C1CCCCC1)OC(=O)c1ccccc1.[Cl-]. The molecule has 1 atom stereocenters. The van der Waals surface area contributed by atoms with Crippen LogP contribution in [0.2, 0.25) is 0 Å². The van der Waals surface area contributed by atoms with Crippen molar-refractivity contribution in [1.82, 2.24) is 0 Å². The van der Waals surface area contributed by atoms with Gasteiger partial charge in [-0.2, -0.15) is 0 Å². The quantitative estimate of drug-likeness (QED) is 0.587. The molecular weight excluding hydrogens is 298 g/mol. The van der Waals surface area contributed by atoms with Crippen LogP contribution in [0.3, 0.4) is 0 Å². The van der Waals surface area contributed by atoms with Gasteiger partial charge in [0, 0.05) is 0 Å². The smallest absolute Gasteiger partial charge is 0.338 e. The number of carbonyl (C=O) groups excluding carboxylic acids is 1. The largest absolute Gasteiger partial charge is 1.00 e. The lowest BCUT2D eigenvalue weighted by Crippen LogP contribution is -3.00. The van der Waals surface area contributed by atoms with E-state index in [0.717, 1.165) is 11.0 Å². The van der Waals surface area contributed by atoms with E-state index in [0.29, 0.717) is 11.6 Å². The number of rotatable bonds is 5. The second-order valence-electron chi connectivity index (χ2n) is 6.84. The van der Waals surface area contributed by atoms with E-state index in [2.05, 4.69) is 14.1 Å². The molecule has 0 bridgehead atoms. The average Bonchev–Trinajstić information content (AvgIpc) is 2.48. The maximum absolute atomic E-state index is 12.1. The lowest BCUT2D eigenvalue weighted by molar-refractivity contribution is -0.918. The van der Waals surface area contributed by atoms with E-state index in [4.69, 9.17) is 4.74 Å². The molecule has 0 heterocycles. The van der Waals surface area contributed by atoms with Gasteiger partial charge in [-0.3, -0.25) is 0 Å². The molecule has 124 valence electrons. The summed E-state index contributed by atoms with van der Waals surface area (Å²) in [5.74, 6) is -0.216. The van der Waals surface area contributed by atoms with E-state index in [-0.39, 0.29) is 24.5 Å². The Hall–Kier alpha value is -1.06. The fraction of sp³-hybridized carbons (Fsp3) is 0.611. The van der Waals surface area contributed by atoms with Crippen molar-refractivity contribution >= 4 is 5.97 Å². The Morgan fingerprint density at radius 1 is 1.18 bits per heavy atom. The topological polar surface area (TPSA) is 26.3 Å². The molecule has 0 aromatic heterocycles. The van der Waals surface area contributed by atoms with Gasteiger partial charge < -0.3 is 21.6 Å². The number of benzene rings is 1. The van der Waals surface area contributed by atoms with Gasteiger partial charge in [0.1, 0.15) is 12.6 Å². The average molecular weight is 326 g/mol. The fourth-order valence-corrected chi connectivity index (χ4v) is 3.45. The van der Waals surface area contributed by atoms with Crippen LogP contribution in [0.5, 0.6) is 0 Å². The van der Waals surface area contributed by atoms with Crippen LogP contribution in [-0.2, 0) is 4.74 Å². The number of nitrogens with zero attached hydrogens (tertiary/aromatic N) is 1. The van der Waals surface area contributed by atoms with Crippen LogP contribution < -0.4 is 12.4 Å². The van der Waals surface area contributed by atoms with Crippen molar-refractivity contribution in [1.29, 1.82) is 0 Å². The molecule has 0 aliphatic heterocycles. The summed E-state index contributed by atoms with van der Waals surface area (Å²) in [6, 6.07) is 9.94. The monoisotopic (exact) mass is 325 g/mol. The number of quaternary nitrogens is 1. The van der Waals surface area contributed by atoms with E-state index in [1.54, 1.807) is 12.1 Å². The van der Waals surface area contributed by atoms with E-state index in [9.17, 15) is 4.79 Å². The minimum atomic E-state index is -0.216. The van der Waals surface area contributed by atoms with Gasteiger partial charge in [-0.15, -0.1) is 0 Å². The molecule has 0 amide bonds. The number of hydrogen-bond acceptors (Lipinski definition) is 2. The lowest BCUT2D eigenvalue weighted by atomic mass is 9.93. The molecule has 1 saturated carbocycles. The van der Waals surface area contributed by atoms with Crippen molar-refractivity contribution in [2.75, 3.05) is 20.6 Å². The highest BCUT2D eigenvalue weighted by atomic mass is 35.5. The Balaban J connectivity index is 0.00000242. The number of hydrogen-bond donors (Lipinski definition) is 0. The molecule has 22 heavy (non-hydrogen) atoms. The highest BCUT2D eigenvalue weighted by molar-refractivity contribution is 5.89. The second kappa shape index (κ2) is 8.54. The van der Waals surface area contributed by atoms with Crippen molar-refractivity contribution in [2.45, 2.75) is 51.2 Å². The summed E-state index contributed by atoms with van der Waals surface area (Å²) in [5.41, 5.74) is 0.632. The van der Waals surface area contributed by atoms with Crippen molar-refractivity contribution in [3.8, 4) is 0 Å². The number of ether oxygens (including phenoxy) is 1. The maximum Gasteiger partial charge on any atom is 0.338 e. The molecule has 0 spiro atoms. The summed E-state index contributed by atoms with van der Waals surface area (Å²) >= 11 is 0. The third kappa shape index (κ3) is 5.29. The molecule has 0 N–H and O–H groups in total. The minimum absolute atomic E-state index is 0. The highest BCUT2D eigenvalue weighted by Gasteiger charge is 2.32. The summed E-state index contributed by atoms with van der Waals surface area (Å²) in [4.78, 5) is 12.1. The Morgan fingerprint density at radius 2 is 1.77 bits per heavy atom. The molecular formula is C18H28ClNO2. The third-order valence-corrected chi connectivity index (χ3v) is 4.61. The second-order valence-corrected chi connectivity index (χ2v) is 6.84. The Morgan fingerprint density at radius 3 is 2.36 bits per heavy atom. The van der Waals surface area contributed by atoms with Crippen LogP contribution in [0.15, 0.2) is 30.3 Å². The zero-order valence-electron chi connectivity index (χ0n) is 13.9. The van der Waals surface area contributed by atoms with Gasteiger partial charge in [-0.05, 0) is 44.7 Å². The zero-order valence-corrected chi connectivity index (χ0v) is 14.7. The van der Waals surface area contributed by atoms with E-state index >= 15 is 0 Å². The molecule has 1 fully saturated rings. The van der Waals surface area contributed by atoms with E-state index in [1.807, 2.05) is 25.1 Å². The third-order valence-electron chi connectivity index (χ3n) is 4.61. The molecule has 0 radical (unpaired) electrons. The van der Waals surface area contributed by atoms with Gasteiger partial charge in [0.05, 0.1) is 25.7 Å². The first kappa shape index (κ1) is 19.0. The van der Waals surface area contributed by atoms with Crippen molar-refractivity contribution in [2.24, 2.45) is 0 Å². The molecule has 1 aromatic rings. The van der Waals surface area contributed by atoms with Gasteiger partial charge in [-0.25, -0.2) is 4.79 Å². The van der Waals surface area contributed by atoms with Crippen LogP contribution in [0, 0.1) is 0 Å². The zero-order chi connectivity index (χ0) is 15.3. The molecule has 1 aliphatic carbocycles. The van der Waals surface area contributed by atoms with E-state index < -0.39 is 0 Å². The molecule has 2 rings (SSSR count). The normalized spacial score (nSPS) is 17.4. The van der Waals surface area contributed by atoms with Crippen LogP contribution in [0.25, 0.3) is 0 Å². The Labute approximate surface area is 140 Å². The molecule has 1 aliphatic rings. The minimum Gasteiger partial charge on any atom is -1.00 e. The lowest BCUT2D eigenvalue weighted by Gasteiger charge is -2.41.